The summed E-state index contributed by atoms with van der Waals surface area (Å²) in [5, 5.41) is 1.11. The average molecular weight is 269 g/mol. The fourth-order valence-electron chi connectivity index (χ4n) is 2.48. The Hall–Kier alpha value is -2.07. The third-order valence-electron chi connectivity index (χ3n) is 3.60. The normalized spacial score (nSPS) is 12.9. The van der Waals surface area contributed by atoms with Crippen molar-refractivity contribution in [3.8, 4) is 0 Å². The molecule has 0 fully saturated rings. The number of benzene rings is 1. The summed E-state index contributed by atoms with van der Waals surface area (Å²) in [5.74, 6) is 1.81. The van der Waals surface area contributed by atoms with Gasteiger partial charge in [0.05, 0.1) is 6.04 Å². The summed E-state index contributed by atoms with van der Waals surface area (Å²) in [5.41, 5.74) is 8.38. The van der Waals surface area contributed by atoms with Gasteiger partial charge in [-0.1, -0.05) is 11.6 Å². The van der Waals surface area contributed by atoms with Crippen LogP contribution in [0.15, 0.2) is 41.1 Å². The van der Waals surface area contributed by atoms with Crippen molar-refractivity contribution < 1.29 is 4.42 Å². The number of nitrogens with zero attached hydrogens (tertiary/aromatic N) is 2. The average Bonchev–Trinajstić information content (AvgIpc) is 3.04. The third kappa shape index (κ3) is 2.34. The summed E-state index contributed by atoms with van der Waals surface area (Å²) in [6.45, 7) is 5.08. The van der Waals surface area contributed by atoms with Gasteiger partial charge in [0.1, 0.15) is 17.2 Å². The van der Waals surface area contributed by atoms with Crippen molar-refractivity contribution in [2.45, 2.75) is 32.9 Å². The zero-order chi connectivity index (χ0) is 14.1. The monoisotopic (exact) mass is 269 g/mol. The topological polar surface area (TPSA) is 57.0 Å². The van der Waals surface area contributed by atoms with Crippen molar-refractivity contribution >= 4 is 11.0 Å². The zero-order valence-electron chi connectivity index (χ0n) is 11.8. The van der Waals surface area contributed by atoms with E-state index < -0.39 is 0 Å². The molecule has 0 saturated carbocycles. The first-order chi connectivity index (χ1) is 9.67. The number of aryl methyl sites for hydroxylation is 2. The van der Waals surface area contributed by atoms with Gasteiger partial charge < -0.3 is 14.7 Å². The number of furan rings is 1. The highest BCUT2D eigenvalue weighted by Gasteiger charge is 2.15. The van der Waals surface area contributed by atoms with E-state index in [0.29, 0.717) is 6.42 Å². The van der Waals surface area contributed by atoms with Gasteiger partial charge in [0, 0.05) is 30.7 Å². The van der Waals surface area contributed by atoms with Crippen LogP contribution in [0, 0.1) is 6.92 Å². The van der Waals surface area contributed by atoms with Gasteiger partial charge in [-0.3, -0.25) is 0 Å². The molecule has 0 saturated heterocycles. The molecule has 0 amide bonds. The lowest BCUT2D eigenvalue weighted by Gasteiger charge is -2.09. The summed E-state index contributed by atoms with van der Waals surface area (Å²) >= 11 is 0. The van der Waals surface area contributed by atoms with Crippen LogP contribution in [0.4, 0.5) is 0 Å². The maximum Gasteiger partial charge on any atom is 0.134 e. The molecular weight excluding hydrogens is 250 g/mol. The number of nitrogens with two attached hydrogens (primary N) is 1. The molecule has 0 radical (unpaired) electrons. The quantitative estimate of drug-likeness (QED) is 0.791. The first kappa shape index (κ1) is 12.9. The van der Waals surface area contributed by atoms with E-state index in [-0.39, 0.29) is 6.04 Å². The van der Waals surface area contributed by atoms with Crippen LogP contribution in [0.3, 0.4) is 0 Å². The Balaban J connectivity index is 1.86. The number of aromatic nitrogens is 2. The molecule has 1 aromatic carbocycles. The van der Waals surface area contributed by atoms with Crippen LogP contribution in [0.2, 0.25) is 0 Å². The Morgan fingerprint density at radius 1 is 1.35 bits per heavy atom. The molecule has 104 valence electrons. The second-order valence-electron chi connectivity index (χ2n) is 5.13. The summed E-state index contributed by atoms with van der Waals surface area (Å²) in [6.07, 6.45) is 4.47. The summed E-state index contributed by atoms with van der Waals surface area (Å²) in [4.78, 5) is 4.36. The third-order valence-corrected chi connectivity index (χ3v) is 3.60. The lowest BCUT2D eigenvalue weighted by molar-refractivity contribution is 0.483. The minimum atomic E-state index is -0.171. The number of hydrogen-bond donors (Lipinski definition) is 1. The predicted octanol–water partition coefficient (Wildman–Crippen LogP) is 3.20. The molecular formula is C16H19N3O. The van der Waals surface area contributed by atoms with E-state index in [2.05, 4.69) is 29.5 Å². The highest BCUT2D eigenvalue weighted by Crippen LogP contribution is 2.25. The molecule has 0 bridgehead atoms. The van der Waals surface area contributed by atoms with Crippen LogP contribution in [0.25, 0.3) is 11.0 Å². The minimum absolute atomic E-state index is 0.171. The lowest BCUT2D eigenvalue weighted by atomic mass is 10.1. The maximum atomic E-state index is 6.26. The Labute approximate surface area is 118 Å². The molecule has 2 heterocycles. The van der Waals surface area contributed by atoms with Gasteiger partial charge in [-0.15, -0.1) is 0 Å². The van der Waals surface area contributed by atoms with E-state index in [0.717, 1.165) is 29.1 Å². The van der Waals surface area contributed by atoms with Crippen molar-refractivity contribution in [3.63, 3.8) is 0 Å². The van der Waals surface area contributed by atoms with Crippen molar-refractivity contribution in [2.75, 3.05) is 0 Å². The van der Waals surface area contributed by atoms with Gasteiger partial charge >= 0.3 is 0 Å². The molecule has 1 unspecified atom stereocenters. The van der Waals surface area contributed by atoms with Crippen molar-refractivity contribution in [3.05, 3.63) is 53.8 Å². The van der Waals surface area contributed by atoms with Crippen LogP contribution in [-0.4, -0.2) is 9.55 Å². The van der Waals surface area contributed by atoms with Gasteiger partial charge in [-0.05, 0) is 32.0 Å². The Kier molecular flexibility index (Phi) is 3.32. The SMILES string of the molecule is CCn1ccnc1CC(N)c1cc2cc(C)ccc2o1. The number of imidazole rings is 1. The van der Waals surface area contributed by atoms with Gasteiger partial charge in [0.25, 0.3) is 0 Å². The Bertz CT molecular complexity index is 726. The van der Waals surface area contributed by atoms with E-state index in [1.165, 1.54) is 5.56 Å². The summed E-state index contributed by atoms with van der Waals surface area (Å²) in [6, 6.07) is 8.02. The second kappa shape index (κ2) is 5.13. The smallest absolute Gasteiger partial charge is 0.134 e. The van der Waals surface area contributed by atoms with Crippen LogP contribution in [0.5, 0.6) is 0 Å². The van der Waals surface area contributed by atoms with Gasteiger partial charge in [0.2, 0.25) is 0 Å². The molecule has 4 nitrogen and oxygen atoms in total. The van der Waals surface area contributed by atoms with Crippen molar-refractivity contribution in [1.82, 2.24) is 9.55 Å². The number of fused-ring (bicyclic) bond motifs is 1. The van der Waals surface area contributed by atoms with Gasteiger partial charge in [0.15, 0.2) is 0 Å². The van der Waals surface area contributed by atoms with E-state index >= 15 is 0 Å². The first-order valence-electron chi connectivity index (χ1n) is 6.93. The zero-order valence-corrected chi connectivity index (χ0v) is 11.8. The van der Waals surface area contributed by atoms with Crippen LogP contribution in [0.1, 0.15) is 30.1 Å². The lowest BCUT2D eigenvalue weighted by Crippen LogP contribution is -2.15. The van der Waals surface area contributed by atoms with E-state index in [9.17, 15) is 0 Å². The van der Waals surface area contributed by atoms with Crippen molar-refractivity contribution in [2.24, 2.45) is 5.73 Å². The highest BCUT2D eigenvalue weighted by molar-refractivity contribution is 5.78. The predicted molar refractivity (Wildman–Crippen MR) is 79.5 cm³/mol. The van der Waals surface area contributed by atoms with E-state index in [1.54, 1.807) is 0 Å². The molecule has 4 heteroatoms. The maximum absolute atomic E-state index is 6.26. The highest BCUT2D eigenvalue weighted by atomic mass is 16.3. The number of hydrogen-bond acceptors (Lipinski definition) is 3. The molecule has 2 aromatic heterocycles. The van der Waals surface area contributed by atoms with Crippen LogP contribution < -0.4 is 5.73 Å². The molecule has 1 atom stereocenters. The fourth-order valence-corrected chi connectivity index (χ4v) is 2.48. The molecule has 0 aliphatic rings. The minimum Gasteiger partial charge on any atom is -0.459 e. The van der Waals surface area contributed by atoms with Crippen molar-refractivity contribution in [1.29, 1.82) is 0 Å². The molecule has 2 N–H and O–H groups in total. The molecule has 0 aliphatic carbocycles. The molecule has 20 heavy (non-hydrogen) atoms. The summed E-state index contributed by atoms with van der Waals surface area (Å²) in [7, 11) is 0. The fraction of sp³-hybridized carbons (Fsp3) is 0.312. The molecule has 3 rings (SSSR count). The van der Waals surface area contributed by atoms with Crippen LogP contribution in [-0.2, 0) is 13.0 Å². The first-order valence-corrected chi connectivity index (χ1v) is 6.93. The van der Waals surface area contributed by atoms with E-state index in [4.69, 9.17) is 10.2 Å². The number of rotatable bonds is 4. The summed E-state index contributed by atoms with van der Waals surface area (Å²) < 4.78 is 7.95. The van der Waals surface area contributed by atoms with Gasteiger partial charge in [-0.2, -0.15) is 0 Å². The van der Waals surface area contributed by atoms with Crippen LogP contribution >= 0.6 is 0 Å². The Morgan fingerprint density at radius 2 is 2.20 bits per heavy atom. The van der Waals surface area contributed by atoms with E-state index in [1.807, 2.05) is 30.6 Å². The standard InChI is InChI=1S/C16H19N3O/c1-3-19-7-6-18-16(19)10-13(17)15-9-12-8-11(2)4-5-14(12)20-15/h4-9,13H,3,10,17H2,1-2H3. The largest absolute Gasteiger partial charge is 0.459 e. The Morgan fingerprint density at radius 3 is 3.00 bits per heavy atom. The molecule has 0 aliphatic heterocycles. The molecule has 0 spiro atoms. The van der Waals surface area contributed by atoms with Gasteiger partial charge in [-0.25, -0.2) is 4.98 Å². The second-order valence-corrected chi connectivity index (χ2v) is 5.13. The molecule has 3 aromatic rings.